The topological polar surface area (TPSA) is 114 Å². The molecule has 0 saturated carbocycles. The summed E-state index contributed by atoms with van der Waals surface area (Å²) in [6, 6.07) is 4.67. The molecule has 0 saturated heterocycles. The fourth-order valence-electron chi connectivity index (χ4n) is 1.92. The molecule has 1 aromatic heterocycles. The van der Waals surface area contributed by atoms with Gasteiger partial charge in [-0.15, -0.1) is 0 Å². The monoisotopic (exact) mass is 310 g/mol. The number of anilines is 1. The molecule has 8 nitrogen and oxygen atoms in total. The molecule has 1 heterocycles. The number of pyridine rings is 1. The highest BCUT2D eigenvalue weighted by molar-refractivity contribution is 7.88. The van der Waals surface area contributed by atoms with Crippen LogP contribution in [0.5, 0.6) is 0 Å². The van der Waals surface area contributed by atoms with Gasteiger partial charge in [0.1, 0.15) is 0 Å². The fourth-order valence-corrected chi connectivity index (χ4v) is 2.40. The molecule has 0 bridgehead atoms. The summed E-state index contributed by atoms with van der Waals surface area (Å²) in [6.07, 6.45) is 4.07. The Hall–Kier alpha value is -2.26. The minimum absolute atomic E-state index is 0.0158. The highest BCUT2D eigenvalue weighted by Gasteiger charge is 2.14. The molecule has 9 heteroatoms. The van der Waals surface area contributed by atoms with Gasteiger partial charge < -0.3 is 5.32 Å². The Kier molecular flexibility index (Phi) is 4.34. The molecular weight excluding hydrogens is 296 g/mol. The second-order valence-corrected chi connectivity index (χ2v) is 6.24. The van der Waals surface area contributed by atoms with Crippen LogP contribution in [0.25, 0.3) is 10.8 Å². The van der Waals surface area contributed by atoms with Gasteiger partial charge in [0.25, 0.3) is 5.69 Å². The van der Waals surface area contributed by atoms with Crippen LogP contribution in [0.15, 0.2) is 30.6 Å². The number of rotatable bonds is 6. The van der Waals surface area contributed by atoms with Crippen LogP contribution >= 0.6 is 0 Å². The van der Waals surface area contributed by atoms with Crippen LogP contribution in [0.2, 0.25) is 0 Å². The molecule has 0 amide bonds. The molecule has 0 aliphatic rings. The van der Waals surface area contributed by atoms with Crippen LogP contribution < -0.4 is 10.0 Å². The van der Waals surface area contributed by atoms with Crippen LogP contribution in [0, 0.1) is 10.1 Å². The van der Waals surface area contributed by atoms with Gasteiger partial charge in [-0.2, -0.15) is 0 Å². The first-order valence-electron chi connectivity index (χ1n) is 6.08. The molecule has 112 valence electrons. The number of hydrogen-bond donors (Lipinski definition) is 2. The number of nitrogens with one attached hydrogen (secondary N) is 2. The van der Waals surface area contributed by atoms with Gasteiger partial charge in [-0.05, 0) is 12.1 Å². The highest BCUT2D eigenvalue weighted by atomic mass is 32.2. The second kappa shape index (κ2) is 6.02. The van der Waals surface area contributed by atoms with E-state index in [0.29, 0.717) is 23.0 Å². The van der Waals surface area contributed by atoms with Crippen LogP contribution in [-0.2, 0) is 10.0 Å². The third-order valence-corrected chi connectivity index (χ3v) is 3.52. The Morgan fingerprint density at radius 2 is 2.00 bits per heavy atom. The molecule has 2 rings (SSSR count). The largest absolute Gasteiger partial charge is 0.383 e. The summed E-state index contributed by atoms with van der Waals surface area (Å²) in [4.78, 5) is 14.4. The van der Waals surface area contributed by atoms with E-state index in [0.717, 1.165) is 6.26 Å². The first kappa shape index (κ1) is 15.1. The van der Waals surface area contributed by atoms with E-state index in [-0.39, 0.29) is 12.2 Å². The first-order chi connectivity index (χ1) is 9.88. The molecule has 21 heavy (non-hydrogen) atoms. The summed E-state index contributed by atoms with van der Waals surface area (Å²) in [6.45, 7) is 0.588. The van der Waals surface area contributed by atoms with Crippen LogP contribution in [0.3, 0.4) is 0 Å². The van der Waals surface area contributed by atoms with Crippen molar-refractivity contribution >= 4 is 32.2 Å². The predicted octanol–water partition coefficient (Wildman–Crippen LogP) is 1.10. The van der Waals surface area contributed by atoms with Gasteiger partial charge >= 0.3 is 0 Å². The summed E-state index contributed by atoms with van der Waals surface area (Å²) in [5, 5.41) is 15.1. The van der Waals surface area contributed by atoms with Gasteiger partial charge in [0.05, 0.1) is 16.6 Å². The summed E-state index contributed by atoms with van der Waals surface area (Å²) >= 11 is 0. The number of hydrogen-bond acceptors (Lipinski definition) is 6. The Morgan fingerprint density at radius 3 is 2.67 bits per heavy atom. The van der Waals surface area contributed by atoms with Crippen molar-refractivity contribution in [2.75, 3.05) is 24.7 Å². The van der Waals surface area contributed by atoms with Gasteiger partial charge in [0.15, 0.2) is 0 Å². The van der Waals surface area contributed by atoms with Crippen LogP contribution in [0.4, 0.5) is 11.4 Å². The fraction of sp³-hybridized carbons (Fsp3) is 0.250. The van der Waals surface area contributed by atoms with Crippen molar-refractivity contribution in [1.29, 1.82) is 0 Å². The highest BCUT2D eigenvalue weighted by Crippen LogP contribution is 2.30. The number of nitrogens with zero attached hydrogens (tertiary/aromatic N) is 2. The first-order valence-corrected chi connectivity index (χ1v) is 7.97. The summed E-state index contributed by atoms with van der Waals surface area (Å²) in [7, 11) is -3.23. The number of fused-ring (bicyclic) bond motifs is 1. The van der Waals surface area contributed by atoms with E-state index < -0.39 is 14.9 Å². The number of non-ortho nitro benzene ring substituents is 1. The quantitative estimate of drug-likeness (QED) is 0.469. The Balaban J connectivity index is 2.22. The van der Waals surface area contributed by atoms with Crippen molar-refractivity contribution in [3.8, 4) is 0 Å². The van der Waals surface area contributed by atoms with Crippen molar-refractivity contribution < 1.29 is 13.3 Å². The lowest BCUT2D eigenvalue weighted by Gasteiger charge is -2.10. The molecule has 2 aromatic rings. The molecule has 2 N–H and O–H groups in total. The minimum atomic E-state index is -3.23. The van der Waals surface area contributed by atoms with Crippen LogP contribution in [-0.4, -0.2) is 37.7 Å². The molecule has 0 aliphatic carbocycles. The average molecular weight is 310 g/mol. The third kappa shape index (κ3) is 3.86. The summed E-state index contributed by atoms with van der Waals surface area (Å²) < 4.78 is 24.3. The smallest absolute Gasteiger partial charge is 0.278 e. The normalized spacial score (nSPS) is 11.5. The maximum atomic E-state index is 11.0. The zero-order valence-electron chi connectivity index (χ0n) is 11.2. The van der Waals surface area contributed by atoms with Gasteiger partial charge in [0, 0.05) is 42.6 Å². The van der Waals surface area contributed by atoms with Crippen molar-refractivity contribution in [2.24, 2.45) is 0 Å². The van der Waals surface area contributed by atoms with E-state index >= 15 is 0 Å². The number of nitro benzene ring substituents is 1. The second-order valence-electron chi connectivity index (χ2n) is 4.40. The van der Waals surface area contributed by atoms with Crippen LogP contribution in [0.1, 0.15) is 0 Å². The van der Waals surface area contributed by atoms with Gasteiger partial charge in [-0.3, -0.25) is 15.1 Å². The summed E-state index contributed by atoms with van der Waals surface area (Å²) in [5.74, 6) is 0. The minimum Gasteiger partial charge on any atom is -0.383 e. The van der Waals surface area contributed by atoms with E-state index in [4.69, 9.17) is 0 Å². The van der Waals surface area contributed by atoms with E-state index in [1.54, 1.807) is 18.3 Å². The average Bonchev–Trinajstić information content (AvgIpc) is 2.42. The molecule has 0 aliphatic heterocycles. The zero-order chi connectivity index (χ0) is 15.5. The van der Waals surface area contributed by atoms with E-state index in [1.165, 1.54) is 12.3 Å². The van der Waals surface area contributed by atoms with Crippen molar-refractivity contribution in [1.82, 2.24) is 9.71 Å². The number of benzene rings is 1. The number of aromatic nitrogens is 1. The Labute approximate surface area is 121 Å². The van der Waals surface area contributed by atoms with E-state index in [9.17, 15) is 18.5 Å². The van der Waals surface area contributed by atoms with Gasteiger partial charge in [-0.25, -0.2) is 13.1 Å². The lowest BCUT2D eigenvalue weighted by Crippen LogP contribution is -2.27. The lowest BCUT2D eigenvalue weighted by molar-refractivity contribution is -0.383. The van der Waals surface area contributed by atoms with Crippen molar-refractivity contribution in [2.45, 2.75) is 0 Å². The number of nitro groups is 1. The molecular formula is C12H14N4O4S. The lowest BCUT2D eigenvalue weighted by atomic mass is 10.1. The molecule has 1 aromatic carbocycles. The summed E-state index contributed by atoms with van der Waals surface area (Å²) in [5.41, 5.74) is 0.672. The molecule has 0 unspecified atom stereocenters. The Bertz CT molecular complexity index is 776. The van der Waals surface area contributed by atoms with E-state index in [1.807, 2.05) is 0 Å². The maximum Gasteiger partial charge on any atom is 0.278 e. The zero-order valence-corrected chi connectivity index (χ0v) is 12.1. The SMILES string of the molecule is CS(=O)(=O)NCCNc1ccc([N+](=O)[O-])c2cnccc12. The van der Waals surface area contributed by atoms with Gasteiger partial charge in [0.2, 0.25) is 10.0 Å². The van der Waals surface area contributed by atoms with Crippen molar-refractivity contribution in [3.63, 3.8) is 0 Å². The van der Waals surface area contributed by atoms with Gasteiger partial charge in [-0.1, -0.05) is 0 Å². The maximum absolute atomic E-state index is 11.0. The number of sulfonamides is 1. The van der Waals surface area contributed by atoms with Crippen molar-refractivity contribution in [3.05, 3.63) is 40.7 Å². The van der Waals surface area contributed by atoms with E-state index in [2.05, 4.69) is 15.0 Å². The molecule has 0 radical (unpaired) electrons. The molecule has 0 fully saturated rings. The predicted molar refractivity (Wildman–Crippen MR) is 79.7 cm³/mol. The molecule has 0 atom stereocenters. The Morgan fingerprint density at radius 1 is 1.24 bits per heavy atom. The molecule has 0 spiro atoms. The third-order valence-electron chi connectivity index (χ3n) is 2.80. The standard InChI is InChI=1S/C12H14N4O4S/c1-21(19,20)15-7-6-14-11-2-3-12(16(17)18)10-8-13-5-4-9(10)11/h2-5,8,14-15H,6-7H2,1H3.